The molecule has 3 N–H and O–H groups in total. The molecule has 0 aliphatic rings. The van der Waals surface area contributed by atoms with E-state index in [2.05, 4.69) is 25.6 Å². The van der Waals surface area contributed by atoms with Crippen molar-refractivity contribution in [3.63, 3.8) is 0 Å². The molecule has 0 aliphatic heterocycles. The van der Waals surface area contributed by atoms with Crippen molar-refractivity contribution >= 4 is 34.2 Å². The molecule has 0 radical (unpaired) electrons. The third-order valence-corrected chi connectivity index (χ3v) is 4.26. The van der Waals surface area contributed by atoms with Crippen molar-refractivity contribution in [3.8, 4) is 0 Å². The topological polar surface area (TPSA) is 95.8 Å². The molecular formula is C20H17F2N5O2. The average Bonchev–Trinajstić information content (AvgIpc) is 3.03. The lowest BCUT2D eigenvalue weighted by Gasteiger charge is -2.12. The maximum Gasteiger partial charge on any atom is 0.417 e. The lowest BCUT2D eigenvalue weighted by Crippen LogP contribution is -2.03. The van der Waals surface area contributed by atoms with Crippen molar-refractivity contribution in [1.29, 1.82) is 0 Å². The van der Waals surface area contributed by atoms with E-state index in [1.165, 1.54) is 12.1 Å². The number of nitrogens with one attached hydrogen (secondary N) is 3. The largest absolute Gasteiger partial charge is 0.417 e. The molecule has 4 aromatic rings. The number of rotatable bonds is 5. The first-order valence-corrected chi connectivity index (χ1v) is 8.78. The predicted octanol–water partition coefficient (Wildman–Crippen LogP) is 4.95. The normalized spacial score (nSPS) is 11.2. The highest BCUT2D eigenvalue weighted by atomic mass is 19.3. The van der Waals surface area contributed by atoms with Crippen LogP contribution in [0.4, 0.5) is 31.9 Å². The summed E-state index contributed by atoms with van der Waals surface area (Å²) in [4.78, 5) is 22.6. The van der Waals surface area contributed by atoms with Gasteiger partial charge in [-0.25, -0.2) is 18.6 Å². The Morgan fingerprint density at radius 2 is 1.90 bits per heavy atom. The lowest BCUT2D eigenvalue weighted by molar-refractivity contribution is 0.151. The molecule has 9 heteroatoms. The van der Waals surface area contributed by atoms with Crippen LogP contribution in [0.15, 0.2) is 51.8 Å². The second-order valence-electron chi connectivity index (χ2n) is 6.63. The summed E-state index contributed by atoms with van der Waals surface area (Å²) < 4.78 is 31.1. The van der Waals surface area contributed by atoms with Crippen LogP contribution < -0.4 is 16.4 Å². The Hall–Kier alpha value is -3.75. The van der Waals surface area contributed by atoms with Crippen LogP contribution in [0.2, 0.25) is 0 Å². The van der Waals surface area contributed by atoms with Gasteiger partial charge in [0.05, 0.1) is 5.52 Å². The Morgan fingerprint density at radius 1 is 1.07 bits per heavy atom. The van der Waals surface area contributed by atoms with Gasteiger partial charge in [-0.3, -0.25) is 4.98 Å². The number of fused-ring (bicyclic) bond motifs is 1. The number of aromatic amines is 1. The van der Waals surface area contributed by atoms with Crippen molar-refractivity contribution in [2.75, 3.05) is 10.6 Å². The van der Waals surface area contributed by atoms with Crippen LogP contribution in [0.5, 0.6) is 0 Å². The first-order valence-electron chi connectivity index (χ1n) is 8.78. The maximum atomic E-state index is 13.0. The highest BCUT2D eigenvalue weighted by Gasteiger charge is 2.11. The number of nitrogens with zero attached hydrogens (tertiary/aromatic N) is 2. The summed E-state index contributed by atoms with van der Waals surface area (Å²) in [5, 5.41) is 6.13. The number of H-pyrrole nitrogens is 1. The zero-order valence-electron chi connectivity index (χ0n) is 15.6. The van der Waals surface area contributed by atoms with Gasteiger partial charge >= 0.3 is 5.76 Å². The standard InChI is InChI=1S/C20H17F2N5O2/c1-10-5-12(17(21)22)7-14(6-10)25-19-23-9-11(2)18(27-19)24-13-3-4-16-15(8-13)26-20(28)29-16/h3-9,17H,1-2H3,(H,26,28)(H2,23,24,25,27). The van der Waals surface area contributed by atoms with E-state index < -0.39 is 12.2 Å². The van der Waals surface area contributed by atoms with Crippen LogP contribution >= 0.6 is 0 Å². The van der Waals surface area contributed by atoms with E-state index in [4.69, 9.17) is 4.42 Å². The minimum absolute atomic E-state index is 0.0691. The van der Waals surface area contributed by atoms with Gasteiger partial charge < -0.3 is 15.1 Å². The number of oxazole rings is 1. The summed E-state index contributed by atoms with van der Waals surface area (Å²) in [5.74, 6) is 0.277. The molecule has 0 bridgehead atoms. The summed E-state index contributed by atoms with van der Waals surface area (Å²) in [6.07, 6.45) is -0.935. The van der Waals surface area contributed by atoms with E-state index in [1.54, 1.807) is 37.4 Å². The zero-order chi connectivity index (χ0) is 20.5. The van der Waals surface area contributed by atoms with E-state index in [1.807, 2.05) is 6.92 Å². The van der Waals surface area contributed by atoms with Crippen molar-refractivity contribution in [2.45, 2.75) is 20.3 Å². The van der Waals surface area contributed by atoms with Crippen molar-refractivity contribution in [1.82, 2.24) is 15.0 Å². The maximum absolute atomic E-state index is 13.0. The minimum atomic E-state index is -2.56. The summed E-state index contributed by atoms with van der Waals surface area (Å²) >= 11 is 0. The fraction of sp³-hybridized carbons (Fsp3) is 0.150. The average molecular weight is 397 g/mol. The van der Waals surface area contributed by atoms with Gasteiger partial charge in [-0.05, 0) is 49.7 Å². The molecule has 29 heavy (non-hydrogen) atoms. The number of hydrogen-bond acceptors (Lipinski definition) is 6. The molecule has 0 fully saturated rings. The second kappa shape index (κ2) is 7.34. The molecule has 0 saturated heterocycles. The third kappa shape index (κ3) is 4.08. The highest BCUT2D eigenvalue weighted by molar-refractivity contribution is 5.78. The first-order chi connectivity index (χ1) is 13.9. The Kier molecular flexibility index (Phi) is 4.71. The molecule has 7 nitrogen and oxygen atoms in total. The van der Waals surface area contributed by atoms with Crippen LogP contribution in [-0.4, -0.2) is 15.0 Å². The summed E-state index contributed by atoms with van der Waals surface area (Å²) in [6, 6.07) is 9.70. The van der Waals surface area contributed by atoms with Crippen molar-refractivity contribution in [3.05, 3.63) is 69.8 Å². The van der Waals surface area contributed by atoms with Gasteiger partial charge in [0.15, 0.2) is 5.58 Å². The van der Waals surface area contributed by atoms with Gasteiger partial charge in [-0.15, -0.1) is 0 Å². The molecule has 0 aliphatic carbocycles. The van der Waals surface area contributed by atoms with Crippen LogP contribution in [0.3, 0.4) is 0 Å². The Bertz CT molecular complexity index is 1250. The summed E-state index contributed by atoms with van der Waals surface area (Å²) in [7, 11) is 0. The first kappa shape index (κ1) is 18.6. The zero-order valence-corrected chi connectivity index (χ0v) is 15.6. The van der Waals surface area contributed by atoms with Gasteiger partial charge in [-0.1, -0.05) is 6.07 Å². The van der Waals surface area contributed by atoms with E-state index >= 15 is 0 Å². The molecule has 0 amide bonds. The van der Waals surface area contributed by atoms with Crippen molar-refractivity contribution < 1.29 is 13.2 Å². The van der Waals surface area contributed by atoms with E-state index in [9.17, 15) is 13.6 Å². The Labute approximate surface area is 163 Å². The molecule has 148 valence electrons. The van der Waals surface area contributed by atoms with E-state index in [0.717, 1.165) is 5.56 Å². The summed E-state index contributed by atoms with van der Waals surface area (Å²) in [5.41, 5.74) is 3.61. The summed E-state index contributed by atoms with van der Waals surface area (Å²) in [6.45, 7) is 3.59. The van der Waals surface area contributed by atoms with Crippen LogP contribution in [-0.2, 0) is 0 Å². The molecule has 2 aromatic heterocycles. The molecular weight excluding hydrogens is 380 g/mol. The van der Waals surface area contributed by atoms with Gasteiger partial charge in [0, 0.05) is 28.7 Å². The van der Waals surface area contributed by atoms with E-state index in [-0.39, 0.29) is 11.5 Å². The SMILES string of the molecule is Cc1cc(Nc2ncc(C)c(Nc3ccc4oc(=O)[nH]c4c3)n2)cc(C(F)F)c1. The fourth-order valence-corrected chi connectivity index (χ4v) is 2.94. The molecule has 4 rings (SSSR count). The minimum Gasteiger partial charge on any atom is -0.408 e. The molecule has 0 unspecified atom stereocenters. The third-order valence-electron chi connectivity index (χ3n) is 4.26. The van der Waals surface area contributed by atoms with Gasteiger partial charge in [0.25, 0.3) is 6.43 Å². The number of alkyl halides is 2. The molecule has 0 atom stereocenters. The monoisotopic (exact) mass is 397 g/mol. The number of anilines is 4. The van der Waals surface area contributed by atoms with Gasteiger partial charge in [0.2, 0.25) is 5.95 Å². The van der Waals surface area contributed by atoms with Crippen LogP contribution in [0.1, 0.15) is 23.1 Å². The number of aromatic nitrogens is 3. The Balaban J connectivity index is 1.61. The lowest BCUT2D eigenvalue weighted by atomic mass is 10.1. The molecule has 0 saturated carbocycles. The quantitative estimate of drug-likeness (QED) is 0.441. The van der Waals surface area contributed by atoms with Crippen molar-refractivity contribution in [2.24, 2.45) is 0 Å². The number of benzene rings is 2. The molecule has 2 aromatic carbocycles. The number of halogens is 2. The Morgan fingerprint density at radius 3 is 2.69 bits per heavy atom. The molecule has 0 spiro atoms. The smallest absolute Gasteiger partial charge is 0.408 e. The second-order valence-corrected chi connectivity index (χ2v) is 6.63. The van der Waals surface area contributed by atoms with Crippen LogP contribution in [0, 0.1) is 13.8 Å². The number of hydrogen-bond donors (Lipinski definition) is 3. The fourth-order valence-electron chi connectivity index (χ4n) is 2.94. The molecule has 2 heterocycles. The van der Waals surface area contributed by atoms with Crippen LogP contribution in [0.25, 0.3) is 11.1 Å². The number of aryl methyl sites for hydroxylation is 2. The van der Waals surface area contributed by atoms with Gasteiger partial charge in [0.1, 0.15) is 5.82 Å². The predicted molar refractivity (Wildman–Crippen MR) is 106 cm³/mol. The van der Waals surface area contributed by atoms with E-state index in [0.29, 0.717) is 33.9 Å². The highest BCUT2D eigenvalue weighted by Crippen LogP contribution is 2.26. The van der Waals surface area contributed by atoms with Gasteiger partial charge in [-0.2, -0.15) is 4.98 Å².